The number of carbonyl (C=O) groups is 1. The molecule has 0 aliphatic carbocycles. The van der Waals surface area contributed by atoms with Gasteiger partial charge in [-0.25, -0.2) is 0 Å². The van der Waals surface area contributed by atoms with Crippen LogP contribution in [0.2, 0.25) is 10.0 Å². The Labute approximate surface area is 178 Å². The standard InChI is InChI=1S/C20H20Cl2N4OS/c1-12(2)11-26-19(15-9-8-14(21)10-16(15)22)24-25-20(26)28-17(18(23)27)13-6-4-3-5-7-13/h3-10,12,17H,11H2,1-2H3,(H2,23,27)/t17-/m1/s1. The Morgan fingerprint density at radius 2 is 1.86 bits per heavy atom. The topological polar surface area (TPSA) is 73.8 Å². The van der Waals surface area contributed by atoms with Crippen LogP contribution in [0.5, 0.6) is 0 Å². The summed E-state index contributed by atoms with van der Waals surface area (Å²) in [5.74, 6) is 0.541. The predicted octanol–water partition coefficient (Wildman–Crippen LogP) is 5.23. The molecule has 1 aromatic heterocycles. The summed E-state index contributed by atoms with van der Waals surface area (Å²) in [5.41, 5.74) is 7.24. The third-order valence-corrected chi connectivity index (χ3v) is 5.82. The van der Waals surface area contributed by atoms with Crippen LogP contribution in [-0.4, -0.2) is 20.7 Å². The van der Waals surface area contributed by atoms with E-state index >= 15 is 0 Å². The SMILES string of the molecule is CC(C)Cn1c(S[C@@H](C(N)=O)c2ccccc2)nnc1-c1ccc(Cl)cc1Cl. The Balaban J connectivity index is 2.03. The van der Waals surface area contributed by atoms with E-state index in [2.05, 4.69) is 24.0 Å². The second-order valence-electron chi connectivity index (χ2n) is 6.75. The first-order valence-electron chi connectivity index (χ1n) is 8.76. The molecule has 0 radical (unpaired) electrons. The van der Waals surface area contributed by atoms with Crippen LogP contribution in [0.3, 0.4) is 0 Å². The molecule has 0 spiro atoms. The molecule has 1 heterocycles. The van der Waals surface area contributed by atoms with Gasteiger partial charge in [-0.05, 0) is 29.7 Å². The lowest BCUT2D eigenvalue weighted by molar-refractivity contribution is -0.117. The van der Waals surface area contributed by atoms with E-state index < -0.39 is 11.2 Å². The molecule has 1 amide bonds. The molecule has 2 aromatic carbocycles. The quantitative estimate of drug-likeness (QED) is 0.516. The highest BCUT2D eigenvalue weighted by Gasteiger charge is 2.25. The molecule has 2 N–H and O–H groups in total. The third kappa shape index (κ3) is 4.69. The summed E-state index contributed by atoms with van der Waals surface area (Å²) in [6.07, 6.45) is 0. The molecule has 3 aromatic rings. The van der Waals surface area contributed by atoms with Crippen molar-refractivity contribution in [3.05, 3.63) is 64.1 Å². The second kappa shape index (κ2) is 8.99. The number of primary amides is 1. The number of benzene rings is 2. The van der Waals surface area contributed by atoms with E-state index in [1.54, 1.807) is 12.1 Å². The Morgan fingerprint density at radius 3 is 2.46 bits per heavy atom. The smallest absolute Gasteiger partial charge is 0.235 e. The summed E-state index contributed by atoms with van der Waals surface area (Å²) in [6, 6.07) is 14.7. The minimum Gasteiger partial charge on any atom is -0.368 e. The maximum absolute atomic E-state index is 12.1. The molecular weight excluding hydrogens is 415 g/mol. The van der Waals surface area contributed by atoms with Crippen LogP contribution in [0.4, 0.5) is 0 Å². The number of nitrogens with two attached hydrogens (primary N) is 1. The van der Waals surface area contributed by atoms with Crippen LogP contribution in [0.15, 0.2) is 53.7 Å². The van der Waals surface area contributed by atoms with Crippen molar-refractivity contribution in [2.24, 2.45) is 11.7 Å². The van der Waals surface area contributed by atoms with Gasteiger partial charge < -0.3 is 10.3 Å². The average Bonchev–Trinajstić information content (AvgIpc) is 3.01. The highest BCUT2D eigenvalue weighted by atomic mass is 35.5. The Kier molecular flexibility index (Phi) is 6.65. The molecule has 146 valence electrons. The third-order valence-electron chi connectivity index (χ3n) is 4.02. The highest BCUT2D eigenvalue weighted by Crippen LogP contribution is 2.37. The number of hydrogen-bond donors (Lipinski definition) is 1. The van der Waals surface area contributed by atoms with Gasteiger partial charge in [0.2, 0.25) is 5.91 Å². The monoisotopic (exact) mass is 434 g/mol. The van der Waals surface area contributed by atoms with Crippen LogP contribution >= 0.6 is 35.0 Å². The van der Waals surface area contributed by atoms with Gasteiger partial charge in [-0.15, -0.1) is 10.2 Å². The van der Waals surface area contributed by atoms with Crippen molar-refractivity contribution in [2.45, 2.75) is 30.8 Å². The van der Waals surface area contributed by atoms with Crippen molar-refractivity contribution in [3.8, 4) is 11.4 Å². The highest BCUT2D eigenvalue weighted by molar-refractivity contribution is 8.00. The van der Waals surface area contributed by atoms with Crippen molar-refractivity contribution in [2.75, 3.05) is 0 Å². The lowest BCUT2D eigenvalue weighted by atomic mass is 10.1. The molecule has 0 saturated heterocycles. The average molecular weight is 435 g/mol. The number of carbonyl (C=O) groups excluding carboxylic acids is 1. The van der Waals surface area contributed by atoms with Gasteiger partial charge in [0.15, 0.2) is 11.0 Å². The number of nitrogens with zero attached hydrogens (tertiary/aromatic N) is 3. The van der Waals surface area contributed by atoms with Gasteiger partial charge in [0.1, 0.15) is 5.25 Å². The van der Waals surface area contributed by atoms with Gasteiger partial charge in [-0.1, -0.05) is 79.1 Å². The number of amides is 1. The first-order valence-corrected chi connectivity index (χ1v) is 10.4. The Bertz CT molecular complexity index is 976. The first kappa shape index (κ1) is 20.7. The maximum Gasteiger partial charge on any atom is 0.235 e. The van der Waals surface area contributed by atoms with Gasteiger partial charge in [0.05, 0.1) is 5.02 Å². The molecule has 0 fully saturated rings. The Morgan fingerprint density at radius 1 is 1.14 bits per heavy atom. The lowest BCUT2D eigenvalue weighted by Crippen LogP contribution is -2.19. The Hall–Kier alpha value is -2.02. The minimum atomic E-state index is -0.565. The zero-order valence-electron chi connectivity index (χ0n) is 15.5. The first-order chi connectivity index (χ1) is 13.4. The number of rotatable bonds is 7. The summed E-state index contributed by atoms with van der Waals surface area (Å²) >= 11 is 13.7. The summed E-state index contributed by atoms with van der Waals surface area (Å²) in [6.45, 7) is 4.87. The van der Waals surface area contributed by atoms with Crippen molar-refractivity contribution >= 4 is 40.9 Å². The normalized spacial score (nSPS) is 12.3. The molecule has 0 saturated carbocycles. The van der Waals surface area contributed by atoms with E-state index in [1.165, 1.54) is 11.8 Å². The fourth-order valence-corrected chi connectivity index (χ4v) is 4.29. The minimum absolute atomic E-state index is 0.337. The van der Waals surface area contributed by atoms with E-state index in [1.807, 2.05) is 41.0 Å². The summed E-state index contributed by atoms with van der Waals surface area (Å²) in [5, 5.41) is 9.78. The van der Waals surface area contributed by atoms with Crippen molar-refractivity contribution in [1.29, 1.82) is 0 Å². The fraction of sp³-hybridized carbons (Fsp3) is 0.250. The van der Waals surface area contributed by atoms with Crippen LogP contribution in [0.25, 0.3) is 11.4 Å². The van der Waals surface area contributed by atoms with Gasteiger partial charge >= 0.3 is 0 Å². The van der Waals surface area contributed by atoms with E-state index in [-0.39, 0.29) is 0 Å². The van der Waals surface area contributed by atoms with Gasteiger partial charge in [0, 0.05) is 17.1 Å². The summed E-state index contributed by atoms with van der Waals surface area (Å²) in [7, 11) is 0. The van der Waals surface area contributed by atoms with Crippen LogP contribution < -0.4 is 5.73 Å². The van der Waals surface area contributed by atoms with Gasteiger partial charge in [0.25, 0.3) is 0 Å². The molecule has 0 bridgehead atoms. The van der Waals surface area contributed by atoms with E-state index in [9.17, 15) is 4.79 Å². The van der Waals surface area contributed by atoms with Crippen LogP contribution in [0, 0.1) is 5.92 Å². The molecule has 0 aliphatic heterocycles. The van der Waals surface area contributed by atoms with Crippen molar-refractivity contribution in [3.63, 3.8) is 0 Å². The second-order valence-corrected chi connectivity index (χ2v) is 8.66. The molecule has 8 heteroatoms. The van der Waals surface area contributed by atoms with Crippen molar-refractivity contribution < 1.29 is 4.79 Å². The zero-order chi connectivity index (χ0) is 20.3. The summed E-state index contributed by atoms with van der Waals surface area (Å²) in [4.78, 5) is 12.1. The largest absolute Gasteiger partial charge is 0.368 e. The molecule has 1 atom stereocenters. The molecular formula is C20H20Cl2N4OS. The molecule has 28 heavy (non-hydrogen) atoms. The molecule has 3 rings (SSSR count). The number of hydrogen-bond acceptors (Lipinski definition) is 4. The summed E-state index contributed by atoms with van der Waals surface area (Å²) < 4.78 is 1.98. The fourth-order valence-electron chi connectivity index (χ4n) is 2.80. The number of halogens is 2. The van der Waals surface area contributed by atoms with E-state index in [0.717, 1.165) is 11.1 Å². The van der Waals surface area contributed by atoms with E-state index in [4.69, 9.17) is 28.9 Å². The van der Waals surface area contributed by atoms with Gasteiger partial charge in [-0.2, -0.15) is 0 Å². The zero-order valence-corrected chi connectivity index (χ0v) is 17.8. The van der Waals surface area contributed by atoms with E-state index in [0.29, 0.717) is 33.5 Å². The lowest BCUT2D eigenvalue weighted by Gasteiger charge is -2.16. The maximum atomic E-state index is 12.1. The number of aromatic nitrogens is 3. The van der Waals surface area contributed by atoms with Gasteiger partial charge in [-0.3, -0.25) is 4.79 Å². The van der Waals surface area contributed by atoms with Crippen LogP contribution in [0.1, 0.15) is 24.7 Å². The predicted molar refractivity (Wildman–Crippen MR) is 115 cm³/mol. The van der Waals surface area contributed by atoms with Crippen LogP contribution in [-0.2, 0) is 11.3 Å². The number of thioether (sulfide) groups is 1. The van der Waals surface area contributed by atoms with Crippen molar-refractivity contribution in [1.82, 2.24) is 14.8 Å². The molecule has 0 unspecified atom stereocenters. The molecule has 0 aliphatic rings. The molecule has 5 nitrogen and oxygen atoms in total.